The van der Waals surface area contributed by atoms with Crippen molar-refractivity contribution in [3.05, 3.63) is 36.4 Å². The second-order valence-corrected chi connectivity index (χ2v) is 4.84. The first-order valence-electron chi connectivity index (χ1n) is 6.56. The number of hydrogen-bond acceptors (Lipinski definition) is 4. The number of benzene rings is 1. The Morgan fingerprint density at radius 2 is 1.95 bits per heavy atom. The number of halogens is 2. The Balaban J connectivity index is 1.84. The predicted octanol–water partition coefficient (Wildman–Crippen LogP) is 2.14. The lowest BCUT2D eigenvalue weighted by Gasteiger charge is -2.33. The van der Waals surface area contributed by atoms with E-state index in [-0.39, 0.29) is 17.5 Å². The molecule has 0 amide bonds. The van der Waals surface area contributed by atoms with Crippen LogP contribution in [0.1, 0.15) is 11.6 Å². The van der Waals surface area contributed by atoms with E-state index in [0.29, 0.717) is 0 Å². The van der Waals surface area contributed by atoms with Gasteiger partial charge in [-0.2, -0.15) is 0 Å². The van der Waals surface area contributed by atoms with Gasteiger partial charge in [-0.1, -0.05) is 12.1 Å². The normalized spacial score (nSPS) is 22.5. The van der Waals surface area contributed by atoms with E-state index < -0.39 is 6.29 Å². The fourth-order valence-corrected chi connectivity index (χ4v) is 2.61. The third kappa shape index (κ3) is 2.48. The van der Waals surface area contributed by atoms with Gasteiger partial charge in [0.15, 0.2) is 11.5 Å². The van der Waals surface area contributed by atoms with E-state index in [9.17, 15) is 8.78 Å². The van der Waals surface area contributed by atoms with Crippen molar-refractivity contribution < 1.29 is 18.3 Å². The molecule has 2 aliphatic rings. The summed E-state index contributed by atoms with van der Waals surface area (Å²) in [5, 5.41) is 3.28. The Kier molecular flexibility index (Phi) is 3.35. The monoisotopic (exact) mass is 282 g/mol. The van der Waals surface area contributed by atoms with Crippen molar-refractivity contribution in [2.24, 2.45) is 0 Å². The van der Waals surface area contributed by atoms with Gasteiger partial charge in [-0.3, -0.25) is 4.90 Å². The second-order valence-electron chi connectivity index (χ2n) is 4.84. The molecule has 1 saturated heterocycles. The number of alkyl halides is 2. The van der Waals surface area contributed by atoms with E-state index in [2.05, 4.69) is 26.3 Å². The van der Waals surface area contributed by atoms with Gasteiger partial charge in [-0.15, -0.1) is 15.4 Å². The van der Waals surface area contributed by atoms with Gasteiger partial charge in [0.05, 0.1) is 6.04 Å². The topological polar surface area (TPSA) is 33.7 Å². The second kappa shape index (κ2) is 5.03. The third-order valence-electron chi connectivity index (χ3n) is 3.54. The van der Waals surface area contributed by atoms with Crippen molar-refractivity contribution >= 4 is 0 Å². The van der Waals surface area contributed by atoms with Crippen LogP contribution in [0.3, 0.4) is 0 Å². The molecule has 2 heterocycles. The van der Waals surface area contributed by atoms with Crippen LogP contribution in [0.4, 0.5) is 8.78 Å². The number of piperazine rings is 1. The molecule has 1 atom stereocenters. The lowest BCUT2D eigenvalue weighted by atomic mass is 10.0. The van der Waals surface area contributed by atoms with Crippen molar-refractivity contribution in [2.45, 2.75) is 12.3 Å². The highest BCUT2D eigenvalue weighted by Gasteiger charge is 2.43. The van der Waals surface area contributed by atoms with Crippen LogP contribution in [0, 0.1) is 0 Å². The van der Waals surface area contributed by atoms with Crippen molar-refractivity contribution in [3.63, 3.8) is 0 Å². The highest BCUT2D eigenvalue weighted by atomic mass is 19.3. The quantitative estimate of drug-likeness (QED) is 0.861. The summed E-state index contributed by atoms with van der Waals surface area (Å²) in [7, 11) is 0. The fourth-order valence-electron chi connectivity index (χ4n) is 2.61. The van der Waals surface area contributed by atoms with Crippen molar-refractivity contribution in [2.75, 3.05) is 26.2 Å². The summed E-state index contributed by atoms with van der Waals surface area (Å²) in [5.74, 6) is 0.149. The molecule has 0 saturated carbocycles. The summed E-state index contributed by atoms with van der Waals surface area (Å²) >= 11 is 0. The largest absolute Gasteiger partial charge is 0.586 e. The maximum atomic E-state index is 13.0. The summed E-state index contributed by atoms with van der Waals surface area (Å²) < 4.78 is 34.9. The molecule has 0 aromatic heterocycles. The third-order valence-corrected chi connectivity index (χ3v) is 3.54. The fraction of sp³-hybridized carbons (Fsp3) is 0.429. The van der Waals surface area contributed by atoms with E-state index in [0.717, 1.165) is 31.7 Å². The van der Waals surface area contributed by atoms with Crippen LogP contribution >= 0.6 is 0 Å². The van der Waals surface area contributed by atoms with Gasteiger partial charge in [0.2, 0.25) is 0 Å². The standard InChI is InChI=1S/C14H16F2N2O2/c1-2-11(18-7-5-17-6-8-18)10-3-4-12-13(9-10)20-14(15,16)19-12/h2-4,9,11,17H,1,5-8H2/t11-/m1/s1. The summed E-state index contributed by atoms with van der Waals surface area (Å²) in [4.78, 5) is 2.25. The highest BCUT2D eigenvalue weighted by Crippen LogP contribution is 2.42. The molecule has 4 nitrogen and oxygen atoms in total. The van der Waals surface area contributed by atoms with Gasteiger partial charge in [0.25, 0.3) is 0 Å². The average molecular weight is 282 g/mol. The van der Waals surface area contributed by atoms with Gasteiger partial charge in [-0.05, 0) is 17.7 Å². The van der Waals surface area contributed by atoms with Crippen LogP contribution in [-0.4, -0.2) is 37.4 Å². The zero-order valence-electron chi connectivity index (χ0n) is 10.9. The number of hydrogen-bond donors (Lipinski definition) is 1. The molecule has 2 aliphatic heterocycles. The van der Waals surface area contributed by atoms with Gasteiger partial charge < -0.3 is 14.8 Å². The van der Waals surface area contributed by atoms with Crippen LogP contribution < -0.4 is 14.8 Å². The molecule has 20 heavy (non-hydrogen) atoms. The molecule has 1 aromatic carbocycles. The highest BCUT2D eigenvalue weighted by molar-refractivity contribution is 5.46. The van der Waals surface area contributed by atoms with Crippen molar-refractivity contribution in [3.8, 4) is 11.5 Å². The summed E-state index contributed by atoms with van der Waals surface area (Å²) in [6.45, 7) is 7.45. The van der Waals surface area contributed by atoms with E-state index in [4.69, 9.17) is 0 Å². The molecule has 0 spiro atoms. The van der Waals surface area contributed by atoms with Gasteiger partial charge in [-0.25, -0.2) is 0 Å². The van der Waals surface area contributed by atoms with E-state index in [1.54, 1.807) is 12.1 Å². The summed E-state index contributed by atoms with van der Waals surface area (Å²) in [5.41, 5.74) is 0.877. The molecule has 0 radical (unpaired) electrons. The van der Waals surface area contributed by atoms with Gasteiger partial charge in [0.1, 0.15) is 0 Å². The number of fused-ring (bicyclic) bond motifs is 1. The zero-order chi connectivity index (χ0) is 14.2. The number of rotatable bonds is 3. The van der Waals surface area contributed by atoms with Crippen LogP contribution in [0.15, 0.2) is 30.9 Å². The predicted molar refractivity (Wildman–Crippen MR) is 70.0 cm³/mol. The molecule has 0 bridgehead atoms. The molecule has 1 fully saturated rings. The Morgan fingerprint density at radius 3 is 2.65 bits per heavy atom. The number of ether oxygens (including phenoxy) is 2. The maximum Gasteiger partial charge on any atom is 0.586 e. The van der Waals surface area contributed by atoms with Crippen LogP contribution in [0.25, 0.3) is 0 Å². The lowest BCUT2D eigenvalue weighted by molar-refractivity contribution is -0.286. The molecular weight excluding hydrogens is 266 g/mol. The maximum absolute atomic E-state index is 13.0. The minimum Gasteiger partial charge on any atom is -0.395 e. The first kappa shape index (κ1) is 13.3. The molecule has 0 unspecified atom stereocenters. The molecule has 1 aromatic rings. The Morgan fingerprint density at radius 1 is 1.25 bits per heavy atom. The average Bonchev–Trinajstić information content (AvgIpc) is 2.74. The Labute approximate surface area is 116 Å². The van der Waals surface area contributed by atoms with Crippen LogP contribution in [-0.2, 0) is 0 Å². The first-order valence-corrected chi connectivity index (χ1v) is 6.56. The van der Waals surface area contributed by atoms with Crippen molar-refractivity contribution in [1.29, 1.82) is 0 Å². The molecule has 3 rings (SSSR count). The molecule has 0 aliphatic carbocycles. The van der Waals surface area contributed by atoms with Crippen LogP contribution in [0.5, 0.6) is 11.5 Å². The molecule has 6 heteroatoms. The number of nitrogens with one attached hydrogen (secondary N) is 1. The van der Waals surface area contributed by atoms with Gasteiger partial charge >= 0.3 is 6.29 Å². The summed E-state index contributed by atoms with van der Waals surface area (Å²) in [6, 6.07) is 4.88. The van der Waals surface area contributed by atoms with E-state index >= 15 is 0 Å². The van der Waals surface area contributed by atoms with Gasteiger partial charge in [0, 0.05) is 26.2 Å². The SMILES string of the molecule is C=C[C@H](c1ccc2c(c1)OC(F)(F)O2)N1CCNCC1. The molecule has 1 N–H and O–H groups in total. The Hall–Kier alpha value is -1.66. The molecular formula is C14H16F2N2O2. The lowest BCUT2D eigenvalue weighted by Crippen LogP contribution is -2.44. The minimum atomic E-state index is -3.57. The first-order chi connectivity index (χ1) is 9.59. The zero-order valence-corrected chi connectivity index (χ0v) is 10.9. The molecule has 108 valence electrons. The van der Waals surface area contributed by atoms with Crippen LogP contribution in [0.2, 0.25) is 0 Å². The van der Waals surface area contributed by atoms with E-state index in [1.807, 2.05) is 6.08 Å². The van der Waals surface area contributed by atoms with Crippen molar-refractivity contribution in [1.82, 2.24) is 10.2 Å². The number of nitrogens with zero attached hydrogens (tertiary/aromatic N) is 1. The Bertz CT molecular complexity index is 516. The minimum absolute atomic E-state index is 0.0137. The smallest absolute Gasteiger partial charge is 0.395 e. The summed E-state index contributed by atoms with van der Waals surface area (Å²) in [6.07, 6.45) is -1.75. The van der Waals surface area contributed by atoms with E-state index in [1.165, 1.54) is 6.07 Å².